The number of aromatic nitrogens is 5. The molecule has 1 aliphatic rings. The van der Waals surface area contributed by atoms with Gasteiger partial charge in [-0.15, -0.1) is 10.2 Å². The van der Waals surface area contributed by atoms with Crippen LogP contribution in [0.5, 0.6) is 0 Å². The molecule has 0 aliphatic carbocycles. The summed E-state index contributed by atoms with van der Waals surface area (Å²) in [5.41, 5.74) is 0.762. The number of carbonyl (C=O) groups is 1. The van der Waals surface area contributed by atoms with E-state index >= 15 is 0 Å². The van der Waals surface area contributed by atoms with Crippen molar-refractivity contribution in [1.82, 2.24) is 29.4 Å². The quantitative estimate of drug-likeness (QED) is 0.812. The summed E-state index contributed by atoms with van der Waals surface area (Å²) in [7, 11) is 0. The molecule has 100 valence electrons. The summed E-state index contributed by atoms with van der Waals surface area (Å²) in [6, 6.07) is 1.90. The molecule has 2 aromatic heterocycles. The van der Waals surface area contributed by atoms with Crippen molar-refractivity contribution in [1.29, 1.82) is 0 Å². The highest BCUT2D eigenvalue weighted by molar-refractivity contribution is 5.91. The van der Waals surface area contributed by atoms with Gasteiger partial charge in [0.05, 0.1) is 0 Å². The van der Waals surface area contributed by atoms with Crippen LogP contribution in [-0.4, -0.2) is 48.4 Å². The lowest BCUT2D eigenvalue weighted by Crippen LogP contribution is -2.40. The third kappa shape index (κ3) is 1.81. The Morgan fingerprint density at radius 3 is 2.63 bits per heavy atom. The molecule has 0 bridgehead atoms. The molecule has 0 N–H and O–H groups in total. The fraction of sp³-hybridized carbons (Fsp3) is 0.500. The standard InChI is InChI=1S/C12H16N6O/c1-3-16-7-8-18-10(13-14-11(18)12(16)19)9-5-6-17(4-2)15-9/h5-6H,3-4,7-8H2,1-2H3. The minimum absolute atomic E-state index is 0.0533. The smallest absolute Gasteiger partial charge is 0.291 e. The molecule has 0 spiro atoms. The molecule has 0 aromatic carbocycles. The van der Waals surface area contributed by atoms with Crippen LogP contribution < -0.4 is 0 Å². The Morgan fingerprint density at radius 1 is 1.16 bits per heavy atom. The second-order valence-corrected chi connectivity index (χ2v) is 4.44. The van der Waals surface area contributed by atoms with Gasteiger partial charge in [-0.1, -0.05) is 0 Å². The maximum atomic E-state index is 12.1. The van der Waals surface area contributed by atoms with Gasteiger partial charge in [0, 0.05) is 32.4 Å². The topological polar surface area (TPSA) is 68.8 Å². The summed E-state index contributed by atoms with van der Waals surface area (Å²) < 4.78 is 3.69. The highest BCUT2D eigenvalue weighted by Crippen LogP contribution is 2.20. The SMILES string of the molecule is CCN1CCn2c(nnc2-c2ccn(CC)n2)C1=O. The van der Waals surface area contributed by atoms with E-state index in [9.17, 15) is 4.79 Å². The van der Waals surface area contributed by atoms with Gasteiger partial charge in [-0.2, -0.15) is 5.10 Å². The van der Waals surface area contributed by atoms with Gasteiger partial charge in [-0.3, -0.25) is 14.0 Å². The zero-order chi connectivity index (χ0) is 13.4. The van der Waals surface area contributed by atoms with Gasteiger partial charge < -0.3 is 4.90 Å². The summed E-state index contributed by atoms with van der Waals surface area (Å²) in [6.07, 6.45) is 1.90. The van der Waals surface area contributed by atoms with E-state index in [4.69, 9.17) is 0 Å². The molecular formula is C12H16N6O. The lowest BCUT2D eigenvalue weighted by atomic mass is 10.3. The van der Waals surface area contributed by atoms with E-state index in [1.165, 1.54) is 0 Å². The molecule has 3 heterocycles. The van der Waals surface area contributed by atoms with E-state index in [1.807, 2.05) is 35.4 Å². The number of rotatable bonds is 3. The number of hydrogen-bond acceptors (Lipinski definition) is 4. The minimum Gasteiger partial charge on any atom is -0.334 e. The summed E-state index contributed by atoms with van der Waals surface area (Å²) in [5.74, 6) is 1.03. The predicted molar refractivity (Wildman–Crippen MR) is 68.5 cm³/mol. The maximum Gasteiger partial charge on any atom is 0.291 e. The van der Waals surface area contributed by atoms with Gasteiger partial charge in [-0.05, 0) is 19.9 Å². The van der Waals surface area contributed by atoms with Crippen LogP contribution in [-0.2, 0) is 13.1 Å². The van der Waals surface area contributed by atoms with Gasteiger partial charge in [0.25, 0.3) is 5.91 Å². The van der Waals surface area contributed by atoms with E-state index < -0.39 is 0 Å². The van der Waals surface area contributed by atoms with Gasteiger partial charge in [0.2, 0.25) is 5.82 Å². The number of carbonyl (C=O) groups excluding carboxylic acids is 1. The number of amides is 1. The number of aryl methyl sites for hydroxylation is 1. The van der Waals surface area contributed by atoms with Crippen LogP contribution in [0.15, 0.2) is 12.3 Å². The van der Waals surface area contributed by atoms with E-state index in [0.29, 0.717) is 24.7 Å². The fourth-order valence-corrected chi connectivity index (χ4v) is 2.28. The van der Waals surface area contributed by atoms with E-state index in [1.54, 1.807) is 4.90 Å². The zero-order valence-corrected chi connectivity index (χ0v) is 11.1. The maximum absolute atomic E-state index is 12.1. The molecule has 1 aliphatic heterocycles. The van der Waals surface area contributed by atoms with Gasteiger partial charge in [0.15, 0.2) is 5.82 Å². The first-order valence-electron chi connectivity index (χ1n) is 6.51. The Hall–Kier alpha value is -2.18. The molecular weight excluding hydrogens is 244 g/mol. The summed E-state index contributed by atoms with van der Waals surface area (Å²) >= 11 is 0. The summed E-state index contributed by atoms with van der Waals surface area (Å²) in [6.45, 7) is 6.92. The Labute approximate surface area is 110 Å². The van der Waals surface area contributed by atoms with Crippen molar-refractivity contribution < 1.29 is 4.79 Å². The van der Waals surface area contributed by atoms with Crippen molar-refractivity contribution in [2.75, 3.05) is 13.1 Å². The first kappa shape index (κ1) is 11.9. The first-order valence-corrected chi connectivity index (χ1v) is 6.51. The van der Waals surface area contributed by atoms with Crippen molar-refractivity contribution in [3.63, 3.8) is 0 Å². The van der Waals surface area contributed by atoms with Crippen molar-refractivity contribution in [3.8, 4) is 11.5 Å². The third-order valence-corrected chi connectivity index (χ3v) is 3.40. The molecule has 0 atom stereocenters. The van der Waals surface area contributed by atoms with Crippen molar-refractivity contribution >= 4 is 5.91 Å². The van der Waals surface area contributed by atoms with Crippen LogP contribution in [0.4, 0.5) is 0 Å². The molecule has 19 heavy (non-hydrogen) atoms. The van der Waals surface area contributed by atoms with Crippen LogP contribution >= 0.6 is 0 Å². The average Bonchev–Trinajstić information content (AvgIpc) is 3.05. The Bertz CT molecular complexity index is 614. The highest BCUT2D eigenvalue weighted by Gasteiger charge is 2.28. The lowest BCUT2D eigenvalue weighted by molar-refractivity contribution is 0.0707. The fourth-order valence-electron chi connectivity index (χ4n) is 2.28. The van der Waals surface area contributed by atoms with Gasteiger partial charge >= 0.3 is 0 Å². The van der Waals surface area contributed by atoms with Crippen LogP contribution in [0, 0.1) is 0 Å². The summed E-state index contributed by atoms with van der Waals surface area (Å²) in [4.78, 5) is 13.9. The van der Waals surface area contributed by atoms with E-state index in [0.717, 1.165) is 18.8 Å². The van der Waals surface area contributed by atoms with Gasteiger partial charge in [-0.25, -0.2) is 0 Å². The van der Waals surface area contributed by atoms with Gasteiger partial charge in [0.1, 0.15) is 5.69 Å². The number of likely N-dealkylation sites (N-methyl/N-ethyl adjacent to an activating group) is 1. The molecule has 0 unspecified atom stereocenters. The Balaban J connectivity index is 2.00. The number of nitrogens with zero attached hydrogens (tertiary/aromatic N) is 6. The third-order valence-electron chi connectivity index (χ3n) is 3.40. The minimum atomic E-state index is -0.0533. The molecule has 0 saturated heterocycles. The second kappa shape index (κ2) is 4.49. The highest BCUT2D eigenvalue weighted by atomic mass is 16.2. The van der Waals surface area contributed by atoms with Crippen molar-refractivity contribution in [2.24, 2.45) is 0 Å². The molecule has 7 nitrogen and oxygen atoms in total. The molecule has 3 rings (SSSR count). The Morgan fingerprint density at radius 2 is 1.95 bits per heavy atom. The largest absolute Gasteiger partial charge is 0.334 e. The molecule has 0 radical (unpaired) electrons. The average molecular weight is 260 g/mol. The van der Waals surface area contributed by atoms with Crippen LogP contribution in [0.3, 0.4) is 0 Å². The number of fused-ring (bicyclic) bond motifs is 1. The monoisotopic (exact) mass is 260 g/mol. The summed E-state index contributed by atoms with van der Waals surface area (Å²) in [5, 5.41) is 12.6. The lowest BCUT2D eigenvalue weighted by Gasteiger charge is -2.25. The zero-order valence-electron chi connectivity index (χ0n) is 11.1. The first-order chi connectivity index (χ1) is 9.24. The predicted octanol–water partition coefficient (Wildman–Crippen LogP) is 0.637. The number of hydrogen-bond donors (Lipinski definition) is 0. The van der Waals surface area contributed by atoms with Crippen LogP contribution in [0.1, 0.15) is 24.5 Å². The molecule has 1 amide bonds. The molecule has 0 saturated carbocycles. The van der Waals surface area contributed by atoms with E-state index in [2.05, 4.69) is 15.3 Å². The Kier molecular flexibility index (Phi) is 2.81. The van der Waals surface area contributed by atoms with Crippen molar-refractivity contribution in [2.45, 2.75) is 26.9 Å². The van der Waals surface area contributed by atoms with Crippen molar-refractivity contribution in [3.05, 3.63) is 18.1 Å². The molecule has 0 fully saturated rings. The van der Waals surface area contributed by atoms with Crippen LogP contribution in [0.2, 0.25) is 0 Å². The van der Waals surface area contributed by atoms with Crippen LogP contribution in [0.25, 0.3) is 11.5 Å². The second-order valence-electron chi connectivity index (χ2n) is 4.44. The molecule has 2 aromatic rings. The normalized spacial score (nSPS) is 14.8. The molecule has 7 heteroatoms. The van der Waals surface area contributed by atoms with E-state index in [-0.39, 0.29) is 5.91 Å².